The molecule has 1 amide bonds. The molecule has 3 aromatic carbocycles. The highest BCUT2D eigenvalue weighted by molar-refractivity contribution is 7.91. The van der Waals surface area contributed by atoms with Crippen LogP contribution in [0.4, 0.5) is 17.6 Å². The Morgan fingerprint density at radius 2 is 1.80 bits per heavy atom. The lowest BCUT2D eigenvalue weighted by Crippen LogP contribution is -2.30. The molecule has 1 heterocycles. The monoisotopic (exact) mass is 612 g/mol. The van der Waals surface area contributed by atoms with Gasteiger partial charge in [-0.3, -0.25) is 4.79 Å². The number of benzene rings is 3. The first kappa shape index (κ1) is 27.7. The predicted molar refractivity (Wildman–Crippen MR) is 149 cm³/mol. The number of amides is 1. The topological polar surface area (TPSA) is 88.4 Å². The number of aliphatic hydroxyl groups is 1. The fourth-order valence-electron chi connectivity index (χ4n) is 4.39. The minimum absolute atomic E-state index is 0.0862. The second kappa shape index (κ2) is 12.2. The molecular weight excluding hydrogens is 584 g/mol. The summed E-state index contributed by atoms with van der Waals surface area (Å²) in [7, 11) is -3.44. The van der Waals surface area contributed by atoms with Crippen molar-refractivity contribution in [1.82, 2.24) is 9.88 Å². The molecule has 218 valence electrons. The van der Waals surface area contributed by atoms with Crippen molar-refractivity contribution in [3.8, 4) is 0 Å². The van der Waals surface area contributed by atoms with E-state index < -0.39 is 58.7 Å². The van der Waals surface area contributed by atoms with Crippen LogP contribution in [0, 0.1) is 0 Å². The second-order valence-corrected chi connectivity index (χ2v) is 11.9. The molecule has 4 aromatic rings. The zero-order chi connectivity index (χ0) is 31.7. The van der Waals surface area contributed by atoms with Gasteiger partial charge in [0.2, 0.25) is 0 Å². The molecule has 0 aliphatic rings. The first-order valence-electron chi connectivity index (χ1n) is 13.5. The van der Waals surface area contributed by atoms with Crippen LogP contribution in [0.3, 0.4) is 0 Å². The van der Waals surface area contributed by atoms with E-state index in [-0.39, 0.29) is 38.9 Å². The van der Waals surface area contributed by atoms with Gasteiger partial charge in [-0.15, -0.1) is 0 Å². The molecular formula is C29H27ClF4N2O4S. The van der Waals surface area contributed by atoms with Crippen molar-refractivity contribution in [3.63, 3.8) is 0 Å². The average Bonchev–Trinajstić information content (AvgIpc) is 3.34. The van der Waals surface area contributed by atoms with Gasteiger partial charge in [-0.2, -0.15) is 13.2 Å². The van der Waals surface area contributed by atoms with Gasteiger partial charge in [0.25, 0.3) is 5.91 Å². The molecule has 0 fully saturated rings. The Labute approximate surface area is 242 Å². The summed E-state index contributed by atoms with van der Waals surface area (Å²) >= 11 is 5.77. The number of carbonyl (C=O) groups is 1. The highest BCUT2D eigenvalue weighted by Crippen LogP contribution is 2.35. The number of fused-ring (bicyclic) bond motifs is 1. The molecule has 4 rings (SSSR count). The van der Waals surface area contributed by atoms with Gasteiger partial charge in [-0.05, 0) is 59.7 Å². The molecule has 0 aliphatic carbocycles. The Bertz CT molecular complexity index is 1760. The van der Waals surface area contributed by atoms with Crippen LogP contribution >= 0.6 is 11.6 Å². The summed E-state index contributed by atoms with van der Waals surface area (Å²) in [6, 6.07) is 13.0. The van der Waals surface area contributed by atoms with Gasteiger partial charge >= 0.3 is 6.18 Å². The Morgan fingerprint density at radius 1 is 1.10 bits per heavy atom. The van der Waals surface area contributed by atoms with Crippen molar-refractivity contribution in [1.29, 1.82) is 0 Å². The maximum atomic E-state index is 13.8. The van der Waals surface area contributed by atoms with E-state index in [4.69, 9.17) is 14.3 Å². The van der Waals surface area contributed by atoms with E-state index in [1.54, 1.807) is 0 Å². The van der Waals surface area contributed by atoms with Crippen LogP contribution in [0.2, 0.25) is 5.02 Å². The van der Waals surface area contributed by atoms with Gasteiger partial charge in [-0.25, -0.2) is 12.8 Å². The van der Waals surface area contributed by atoms with E-state index >= 15 is 0 Å². The van der Waals surface area contributed by atoms with E-state index in [9.17, 15) is 35.9 Å². The van der Waals surface area contributed by atoms with Crippen molar-refractivity contribution < 1.29 is 38.6 Å². The quantitative estimate of drug-likeness (QED) is 0.211. The van der Waals surface area contributed by atoms with Gasteiger partial charge in [0.1, 0.15) is 6.67 Å². The van der Waals surface area contributed by atoms with Crippen molar-refractivity contribution >= 4 is 38.2 Å². The normalized spacial score (nSPS) is 14.0. The number of aromatic nitrogens is 1. The molecule has 1 aromatic heterocycles. The fourth-order valence-corrected chi connectivity index (χ4v) is 5.45. The molecule has 12 heteroatoms. The SMILES string of the molecule is [2H]C([2H])(c1ccc(Cl)cc1C(F)(F)F)c1cc2cc(C(=O)N[C@@H](CO)c3ccc(S(=O)(=O)CC)cc3)ccc2n1CCF. The maximum Gasteiger partial charge on any atom is 0.416 e. The van der Waals surface area contributed by atoms with Crippen LogP contribution in [0.25, 0.3) is 10.9 Å². The minimum Gasteiger partial charge on any atom is -0.394 e. The van der Waals surface area contributed by atoms with E-state index in [2.05, 4.69) is 5.32 Å². The third kappa shape index (κ3) is 6.74. The van der Waals surface area contributed by atoms with Crippen molar-refractivity contribution in [2.24, 2.45) is 0 Å². The number of nitrogens with zero attached hydrogens (tertiary/aromatic N) is 1. The molecule has 6 nitrogen and oxygen atoms in total. The molecule has 0 bridgehead atoms. The van der Waals surface area contributed by atoms with Crippen LogP contribution in [0.1, 0.15) is 48.4 Å². The fraction of sp³-hybridized carbons (Fsp3) is 0.276. The largest absolute Gasteiger partial charge is 0.416 e. The molecule has 0 saturated carbocycles. The summed E-state index contributed by atoms with van der Waals surface area (Å²) in [5.74, 6) is -0.722. The highest BCUT2D eigenvalue weighted by atomic mass is 35.5. The summed E-state index contributed by atoms with van der Waals surface area (Å²) in [5.41, 5.74) is -1.39. The molecule has 0 saturated heterocycles. The third-order valence-corrected chi connectivity index (χ3v) is 8.52. The number of alkyl halides is 4. The summed E-state index contributed by atoms with van der Waals surface area (Å²) < 4.78 is 97.9. The smallest absolute Gasteiger partial charge is 0.394 e. The Hall–Kier alpha value is -3.41. The zero-order valence-electron chi connectivity index (χ0n) is 23.7. The molecule has 0 spiro atoms. The van der Waals surface area contributed by atoms with E-state index in [1.165, 1.54) is 60.0 Å². The summed E-state index contributed by atoms with van der Waals surface area (Å²) in [6.07, 6.45) is -7.64. The lowest BCUT2D eigenvalue weighted by Gasteiger charge is -2.17. The van der Waals surface area contributed by atoms with E-state index in [0.717, 1.165) is 12.1 Å². The van der Waals surface area contributed by atoms with Gasteiger partial charge in [0, 0.05) is 36.3 Å². The molecule has 1 atom stereocenters. The molecule has 41 heavy (non-hydrogen) atoms. The number of aliphatic hydroxyl groups excluding tert-OH is 1. The van der Waals surface area contributed by atoms with E-state index in [1.807, 2.05) is 0 Å². The van der Waals surface area contributed by atoms with Crippen LogP contribution in [-0.4, -0.2) is 43.0 Å². The van der Waals surface area contributed by atoms with Crippen molar-refractivity contribution in [3.05, 3.63) is 99.7 Å². The number of carbonyl (C=O) groups excluding carboxylic acids is 1. The second-order valence-electron chi connectivity index (χ2n) is 9.14. The van der Waals surface area contributed by atoms with Crippen molar-refractivity contribution in [2.45, 2.75) is 37.0 Å². The van der Waals surface area contributed by atoms with Gasteiger partial charge in [-0.1, -0.05) is 36.7 Å². The number of aryl methyl sites for hydroxylation is 1. The van der Waals surface area contributed by atoms with Crippen LogP contribution in [0.15, 0.2) is 71.6 Å². The Balaban J connectivity index is 1.70. The lowest BCUT2D eigenvalue weighted by molar-refractivity contribution is -0.138. The lowest BCUT2D eigenvalue weighted by atomic mass is 10.0. The van der Waals surface area contributed by atoms with Crippen LogP contribution < -0.4 is 5.32 Å². The Morgan fingerprint density at radius 3 is 2.41 bits per heavy atom. The molecule has 2 N–H and O–H groups in total. The zero-order valence-corrected chi connectivity index (χ0v) is 23.2. The van der Waals surface area contributed by atoms with Crippen LogP contribution in [-0.2, 0) is 28.9 Å². The standard InChI is InChI=1S/C29H27ClF4N2O4S/c1-2-41(39,40)24-8-4-18(5-9-24)26(17-37)35-28(38)20-6-10-27-21(13-20)15-23(36(27)12-11-31)14-19-3-7-22(30)16-25(19)29(32,33)34/h3-10,13,15-16,26,37H,2,11-12,14,17H2,1H3,(H,35,38)/t26-/m0/s1/i14D2. The summed E-state index contributed by atoms with van der Waals surface area (Å²) in [4.78, 5) is 13.2. The first-order chi connectivity index (χ1) is 20.1. The number of nitrogens with one attached hydrogen (secondary N) is 1. The number of sulfone groups is 1. The molecule has 0 radical (unpaired) electrons. The molecule has 0 aliphatic heterocycles. The number of hydrogen-bond donors (Lipinski definition) is 2. The van der Waals surface area contributed by atoms with E-state index in [0.29, 0.717) is 17.1 Å². The van der Waals surface area contributed by atoms with Gasteiger partial charge in [0.05, 0.1) is 35.4 Å². The highest BCUT2D eigenvalue weighted by Gasteiger charge is 2.33. The average molecular weight is 613 g/mol. The maximum absolute atomic E-state index is 13.8. The third-order valence-electron chi connectivity index (χ3n) is 6.53. The predicted octanol–water partition coefficient (Wildman–Crippen LogP) is 6.13. The number of rotatable bonds is 10. The minimum atomic E-state index is -4.91. The first-order valence-corrected chi connectivity index (χ1v) is 14.5. The number of halogens is 5. The summed E-state index contributed by atoms with van der Waals surface area (Å²) in [6.45, 7) is -0.279. The Kier molecular flexibility index (Phi) is 8.27. The molecule has 0 unspecified atom stereocenters. The summed E-state index contributed by atoms with van der Waals surface area (Å²) in [5, 5.41) is 12.6. The van der Waals surface area contributed by atoms with Crippen molar-refractivity contribution in [2.75, 3.05) is 19.0 Å². The number of hydrogen-bond acceptors (Lipinski definition) is 4. The van der Waals surface area contributed by atoms with Crippen LogP contribution in [0.5, 0.6) is 0 Å². The van der Waals surface area contributed by atoms with Gasteiger partial charge in [0.15, 0.2) is 9.84 Å². The van der Waals surface area contributed by atoms with Gasteiger partial charge < -0.3 is 15.0 Å².